The van der Waals surface area contributed by atoms with Crippen LogP contribution in [-0.2, 0) is 6.54 Å². The largest absolute Gasteiger partial charge is 0.497 e. The molecule has 0 spiro atoms. The number of anilines is 1. The highest BCUT2D eigenvalue weighted by atomic mass is 32.1. The van der Waals surface area contributed by atoms with Gasteiger partial charge in [0.2, 0.25) is 0 Å². The summed E-state index contributed by atoms with van der Waals surface area (Å²) < 4.78 is 6.11. The number of H-pyrrole nitrogens is 1. The van der Waals surface area contributed by atoms with Crippen LogP contribution in [0.5, 0.6) is 5.75 Å². The summed E-state index contributed by atoms with van der Waals surface area (Å²) in [6.45, 7) is 0.621. The standard InChI is InChI=1S/C19H15N5OS/c1-25-14-4-2-12(3-5-14)9-21-19-17-15(16-6-7-23-24-16)11-26-18(17)13(8-20)10-22-19/h2-7,10-11H,9H2,1H3,(H,21,22)(H,23,24). The molecular formula is C19H15N5OS. The van der Waals surface area contributed by atoms with Crippen LogP contribution in [0.15, 0.2) is 48.1 Å². The van der Waals surface area contributed by atoms with Gasteiger partial charge in [0.15, 0.2) is 0 Å². The zero-order chi connectivity index (χ0) is 17.9. The minimum Gasteiger partial charge on any atom is -0.497 e. The predicted molar refractivity (Wildman–Crippen MR) is 102 cm³/mol. The van der Waals surface area contributed by atoms with Crippen LogP contribution in [0, 0.1) is 11.3 Å². The van der Waals surface area contributed by atoms with E-state index in [0.29, 0.717) is 12.1 Å². The van der Waals surface area contributed by atoms with Gasteiger partial charge < -0.3 is 10.1 Å². The monoisotopic (exact) mass is 361 g/mol. The average Bonchev–Trinajstić information content (AvgIpc) is 3.36. The molecule has 4 rings (SSSR count). The Kier molecular flexibility index (Phi) is 4.25. The summed E-state index contributed by atoms with van der Waals surface area (Å²) in [6.07, 6.45) is 3.33. The van der Waals surface area contributed by atoms with Gasteiger partial charge in [0.05, 0.1) is 23.1 Å². The Hall–Kier alpha value is -3.37. The van der Waals surface area contributed by atoms with Crippen LogP contribution in [0.1, 0.15) is 11.1 Å². The van der Waals surface area contributed by atoms with Crippen molar-refractivity contribution < 1.29 is 4.74 Å². The van der Waals surface area contributed by atoms with Crippen molar-refractivity contribution in [3.05, 3.63) is 59.2 Å². The normalized spacial score (nSPS) is 10.6. The third-order valence-corrected chi connectivity index (χ3v) is 5.14. The Bertz CT molecular complexity index is 1080. The molecule has 0 aliphatic heterocycles. The Morgan fingerprint density at radius 2 is 2.12 bits per heavy atom. The molecule has 0 radical (unpaired) electrons. The number of ether oxygens (including phenoxy) is 1. The first kappa shape index (κ1) is 16.1. The second kappa shape index (κ2) is 6.86. The highest BCUT2D eigenvalue weighted by Gasteiger charge is 2.16. The quantitative estimate of drug-likeness (QED) is 0.557. The molecule has 0 unspecified atom stereocenters. The number of thiophene rings is 1. The number of aromatic amines is 1. The molecule has 3 aromatic heterocycles. The van der Waals surface area contributed by atoms with Gasteiger partial charge in [-0.05, 0) is 23.8 Å². The topological polar surface area (TPSA) is 86.6 Å². The zero-order valence-electron chi connectivity index (χ0n) is 14.0. The first-order chi connectivity index (χ1) is 12.8. The fraction of sp³-hybridized carbons (Fsp3) is 0.105. The number of methoxy groups -OCH3 is 1. The van der Waals surface area contributed by atoms with Crippen LogP contribution in [0.2, 0.25) is 0 Å². The van der Waals surface area contributed by atoms with Gasteiger partial charge in [0.25, 0.3) is 0 Å². The maximum Gasteiger partial charge on any atom is 0.135 e. The van der Waals surface area contributed by atoms with Crippen molar-refractivity contribution in [1.82, 2.24) is 15.2 Å². The summed E-state index contributed by atoms with van der Waals surface area (Å²) in [5, 5.41) is 22.8. The second-order valence-electron chi connectivity index (χ2n) is 5.66. The van der Waals surface area contributed by atoms with E-state index in [2.05, 4.69) is 26.6 Å². The summed E-state index contributed by atoms with van der Waals surface area (Å²) >= 11 is 1.54. The highest BCUT2D eigenvalue weighted by molar-refractivity contribution is 7.18. The highest BCUT2D eigenvalue weighted by Crippen LogP contribution is 2.38. The van der Waals surface area contributed by atoms with Crippen LogP contribution in [-0.4, -0.2) is 22.3 Å². The summed E-state index contributed by atoms with van der Waals surface area (Å²) in [4.78, 5) is 4.48. The lowest BCUT2D eigenvalue weighted by Gasteiger charge is -2.09. The van der Waals surface area contributed by atoms with Gasteiger partial charge in [-0.25, -0.2) is 4.98 Å². The summed E-state index contributed by atoms with van der Waals surface area (Å²) in [6, 6.07) is 12.0. The van der Waals surface area contributed by atoms with Gasteiger partial charge in [-0.15, -0.1) is 11.3 Å². The summed E-state index contributed by atoms with van der Waals surface area (Å²) in [7, 11) is 1.65. The Labute approximate surface area is 154 Å². The molecule has 6 nitrogen and oxygen atoms in total. The van der Waals surface area contributed by atoms with Gasteiger partial charge in [0.1, 0.15) is 17.6 Å². The van der Waals surface area contributed by atoms with Gasteiger partial charge in [-0.3, -0.25) is 5.10 Å². The van der Waals surface area contributed by atoms with Crippen molar-refractivity contribution >= 4 is 27.2 Å². The van der Waals surface area contributed by atoms with Crippen molar-refractivity contribution in [2.75, 3.05) is 12.4 Å². The molecule has 4 aromatic rings. The molecule has 3 heterocycles. The molecule has 0 atom stereocenters. The van der Waals surface area contributed by atoms with Crippen molar-refractivity contribution in [2.24, 2.45) is 0 Å². The number of pyridine rings is 1. The van der Waals surface area contributed by atoms with Crippen molar-refractivity contribution in [2.45, 2.75) is 6.54 Å². The molecule has 128 valence electrons. The van der Waals surface area contributed by atoms with E-state index in [1.165, 1.54) is 11.3 Å². The molecule has 2 N–H and O–H groups in total. The molecule has 1 aromatic carbocycles. The molecular weight excluding hydrogens is 346 g/mol. The Balaban J connectivity index is 1.72. The molecule has 0 aliphatic rings. The number of aromatic nitrogens is 3. The molecule has 0 aliphatic carbocycles. The van der Waals surface area contributed by atoms with Crippen LogP contribution in [0.3, 0.4) is 0 Å². The fourth-order valence-corrected chi connectivity index (χ4v) is 3.82. The number of nitrogens with one attached hydrogen (secondary N) is 2. The molecule has 0 fully saturated rings. The van der Waals surface area contributed by atoms with E-state index in [1.807, 2.05) is 35.7 Å². The molecule has 7 heteroatoms. The van der Waals surface area contributed by atoms with E-state index in [-0.39, 0.29) is 0 Å². The molecule has 0 bridgehead atoms. The Morgan fingerprint density at radius 3 is 2.81 bits per heavy atom. The molecule has 0 saturated carbocycles. The number of nitriles is 1. The number of benzene rings is 1. The lowest BCUT2D eigenvalue weighted by molar-refractivity contribution is 0.414. The second-order valence-corrected chi connectivity index (χ2v) is 6.54. The third kappa shape index (κ3) is 2.87. The first-order valence-electron chi connectivity index (χ1n) is 7.97. The van der Waals surface area contributed by atoms with Gasteiger partial charge in [-0.2, -0.15) is 10.4 Å². The number of fused-ring (bicyclic) bond motifs is 1. The Morgan fingerprint density at radius 1 is 1.27 bits per heavy atom. The maximum absolute atomic E-state index is 9.39. The number of rotatable bonds is 5. The summed E-state index contributed by atoms with van der Waals surface area (Å²) in [5.74, 6) is 1.58. The lowest BCUT2D eigenvalue weighted by Crippen LogP contribution is -2.02. The van der Waals surface area contributed by atoms with E-state index in [1.54, 1.807) is 19.5 Å². The summed E-state index contributed by atoms with van der Waals surface area (Å²) in [5.41, 5.74) is 3.58. The minimum atomic E-state index is 0.575. The first-order valence-corrected chi connectivity index (χ1v) is 8.85. The van der Waals surface area contributed by atoms with Crippen LogP contribution in [0.25, 0.3) is 21.3 Å². The lowest BCUT2D eigenvalue weighted by atomic mass is 10.1. The van der Waals surface area contributed by atoms with E-state index in [0.717, 1.165) is 38.5 Å². The van der Waals surface area contributed by atoms with Crippen LogP contribution < -0.4 is 10.1 Å². The SMILES string of the molecule is COc1ccc(CNc2ncc(C#N)c3scc(-c4ccn[nH]4)c23)cc1. The van der Waals surface area contributed by atoms with E-state index in [9.17, 15) is 5.26 Å². The predicted octanol–water partition coefficient (Wildman–Crippen LogP) is 4.18. The fourth-order valence-electron chi connectivity index (χ4n) is 2.79. The van der Waals surface area contributed by atoms with Gasteiger partial charge >= 0.3 is 0 Å². The molecule has 0 saturated heterocycles. The zero-order valence-corrected chi connectivity index (χ0v) is 14.8. The number of hydrogen-bond donors (Lipinski definition) is 2. The van der Waals surface area contributed by atoms with Gasteiger partial charge in [-0.1, -0.05) is 12.1 Å². The van der Waals surface area contributed by atoms with Crippen molar-refractivity contribution in [1.29, 1.82) is 5.26 Å². The van der Waals surface area contributed by atoms with E-state index < -0.39 is 0 Å². The van der Waals surface area contributed by atoms with Crippen molar-refractivity contribution in [3.63, 3.8) is 0 Å². The molecule has 26 heavy (non-hydrogen) atoms. The minimum absolute atomic E-state index is 0.575. The van der Waals surface area contributed by atoms with Crippen LogP contribution in [0.4, 0.5) is 5.82 Å². The third-order valence-electron chi connectivity index (χ3n) is 4.13. The van der Waals surface area contributed by atoms with Crippen molar-refractivity contribution in [3.8, 4) is 23.1 Å². The van der Waals surface area contributed by atoms with E-state index >= 15 is 0 Å². The van der Waals surface area contributed by atoms with E-state index in [4.69, 9.17) is 4.74 Å². The molecule has 0 amide bonds. The maximum atomic E-state index is 9.39. The van der Waals surface area contributed by atoms with Gasteiger partial charge in [0, 0.05) is 35.3 Å². The number of hydrogen-bond acceptors (Lipinski definition) is 6. The average molecular weight is 361 g/mol. The van der Waals surface area contributed by atoms with Crippen LogP contribution >= 0.6 is 11.3 Å². The smallest absolute Gasteiger partial charge is 0.135 e. The number of nitrogens with zero attached hydrogens (tertiary/aromatic N) is 3.